The molecule has 2 amide bonds. The average molecular weight is 340 g/mol. The van der Waals surface area contributed by atoms with Gasteiger partial charge in [0.05, 0.1) is 5.69 Å². The molecule has 4 heteroatoms. The first-order chi connectivity index (χ1) is 12.2. The van der Waals surface area contributed by atoms with Crippen LogP contribution in [0, 0.1) is 12.8 Å². The van der Waals surface area contributed by atoms with Gasteiger partial charge in [-0.2, -0.15) is 0 Å². The number of likely N-dealkylation sites (tertiary alicyclic amines) is 1. The third-order valence-corrected chi connectivity index (χ3v) is 5.14. The van der Waals surface area contributed by atoms with E-state index in [1.807, 2.05) is 24.0 Å². The number of aryl methyl sites for hydroxylation is 1. The number of piperidine rings is 1. The van der Waals surface area contributed by atoms with Crippen molar-refractivity contribution in [1.29, 1.82) is 0 Å². The van der Waals surface area contributed by atoms with Gasteiger partial charge in [-0.05, 0) is 49.5 Å². The monoisotopic (exact) mass is 340 g/mol. The van der Waals surface area contributed by atoms with Crippen molar-refractivity contribution < 1.29 is 9.53 Å². The molecule has 1 heterocycles. The van der Waals surface area contributed by atoms with Gasteiger partial charge in [0.2, 0.25) is 0 Å². The number of benzene rings is 2. The van der Waals surface area contributed by atoms with Crippen LogP contribution >= 0.6 is 0 Å². The maximum absolute atomic E-state index is 12.8. The number of methoxy groups -OCH3 is 1. The van der Waals surface area contributed by atoms with Crippen LogP contribution in [0.4, 0.5) is 10.5 Å². The Labute approximate surface area is 150 Å². The lowest BCUT2D eigenvalue weighted by Gasteiger charge is -2.33. The Morgan fingerprint density at radius 2 is 2.12 bits per heavy atom. The molecule has 25 heavy (non-hydrogen) atoms. The minimum atomic E-state index is 0.0240. The van der Waals surface area contributed by atoms with E-state index in [0.717, 1.165) is 61.0 Å². The van der Waals surface area contributed by atoms with Crippen molar-refractivity contribution in [3.8, 4) is 0 Å². The summed E-state index contributed by atoms with van der Waals surface area (Å²) in [5.74, 6) is 0.586. The summed E-state index contributed by atoms with van der Waals surface area (Å²) in [7, 11) is 1.74. The van der Waals surface area contributed by atoms with E-state index in [-0.39, 0.29) is 6.03 Å². The van der Waals surface area contributed by atoms with Crippen molar-refractivity contribution in [3.63, 3.8) is 0 Å². The van der Waals surface area contributed by atoms with Gasteiger partial charge in [-0.25, -0.2) is 4.79 Å². The number of urea groups is 1. The van der Waals surface area contributed by atoms with Crippen molar-refractivity contribution in [2.45, 2.75) is 32.6 Å². The van der Waals surface area contributed by atoms with E-state index in [4.69, 9.17) is 4.74 Å². The van der Waals surface area contributed by atoms with E-state index >= 15 is 0 Å². The molecule has 0 saturated carbocycles. The summed E-state index contributed by atoms with van der Waals surface area (Å²) >= 11 is 0. The summed E-state index contributed by atoms with van der Waals surface area (Å²) in [5, 5.41) is 5.43. The highest BCUT2D eigenvalue weighted by molar-refractivity contribution is 6.02. The first kappa shape index (κ1) is 17.7. The third kappa shape index (κ3) is 4.31. The van der Waals surface area contributed by atoms with Crippen LogP contribution in [-0.2, 0) is 4.74 Å². The van der Waals surface area contributed by atoms with Gasteiger partial charge in [-0.1, -0.05) is 36.4 Å². The van der Waals surface area contributed by atoms with Gasteiger partial charge < -0.3 is 15.0 Å². The molecule has 1 N–H and O–H groups in total. The lowest BCUT2D eigenvalue weighted by molar-refractivity contribution is 0.156. The molecule has 1 aliphatic heterocycles. The predicted molar refractivity (Wildman–Crippen MR) is 103 cm³/mol. The van der Waals surface area contributed by atoms with Gasteiger partial charge in [-0.3, -0.25) is 0 Å². The van der Waals surface area contributed by atoms with Gasteiger partial charge >= 0.3 is 6.03 Å². The largest absolute Gasteiger partial charge is 0.385 e. The molecule has 2 aromatic carbocycles. The van der Waals surface area contributed by atoms with Crippen molar-refractivity contribution >= 4 is 22.5 Å². The molecule has 0 spiro atoms. The molecule has 0 radical (unpaired) electrons. The van der Waals surface area contributed by atoms with Crippen LogP contribution in [0.15, 0.2) is 36.4 Å². The van der Waals surface area contributed by atoms with Crippen LogP contribution in [0.1, 0.15) is 31.2 Å². The molecule has 1 aliphatic rings. The number of fused-ring (bicyclic) bond motifs is 1. The number of rotatable bonds is 5. The molecule has 2 aromatic rings. The maximum atomic E-state index is 12.8. The molecule has 134 valence electrons. The molecule has 4 nitrogen and oxygen atoms in total. The molecule has 0 bridgehead atoms. The number of amides is 2. The molecule has 1 unspecified atom stereocenters. The topological polar surface area (TPSA) is 41.6 Å². The zero-order valence-corrected chi connectivity index (χ0v) is 15.3. The number of carbonyl (C=O) groups is 1. The fourth-order valence-electron chi connectivity index (χ4n) is 3.73. The lowest BCUT2D eigenvalue weighted by atomic mass is 9.94. The van der Waals surface area contributed by atoms with Crippen molar-refractivity contribution in [3.05, 3.63) is 42.0 Å². The normalized spacial score (nSPS) is 17.7. The van der Waals surface area contributed by atoms with E-state index in [1.165, 1.54) is 6.42 Å². The Bertz CT molecular complexity index is 729. The van der Waals surface area contributed by atoms with Gasteiger partial charge in [0.15, 0.2) is 0 Å². The molecule has 3 rings (SSSR count). The Hall–Kier alpha value is -2.07. The first-order valence-electron chi connectivity index (χ1n) is 9.22. The van der Waals surface area contributed by atoms with E-state index < -0.39 is 0 Å². The van der Waals surface area contributed by atoms with Crippen LogP contribution in [-0.4, -0.2) is 37.7 Å². The van der Waals surface area contributed by atoms with Gasteiger partial charge in [-0.15, -0.1) is 0 Å². The minimum Gasteiger partial charge on any atom is -0.385 e. The highest BCUT2D eigenvalue weighted by Crippen LogP contribution is 2.28. The average Bonchev–Trinajstić information content (AvgIpc) is 2.64. The predicted octanol–water partition coefficient (Wildman–Crippen LogP) is 4.82. The second-order valence-corrected chi connectivity index (χ2v) is 7.00. The van der Waals surface area contributed by atoms with Gasteiger partial charge in [0, 0.05) is 32.2 Å². The van der Waals surface area contributed by atoms with E-state index in [2.05, 4.69) is 29.6 Å². The van der Waals surface area contributed by atoms with Gasteiger partial charge in [0.1, 0.15) is 0 Å². The van der Waals surface area contributed by atoms with Crippen molar-refractivity contribution in [2.75, 3.05) is 32.1 Å². The SMILES string of the molecule is COCCCC1CCCN(C(=O)Nc2c(C)ccc3ccccc23)C1. The second kappa shape index (κ2) is 8.34. The third-order valence-electron chi connectivity index (χ3n) is 5.14. The molecular weight excluding hydrogens is 312 g/mol. The summed E-state index contributed by atoms with van der Waals surface area (Å²) < 4.78 is 5.15. The summed E-state index contributed by atoms with van der Waals surface area (Å²) in [4.78, 5) is 14.8. The zero-order chi connectivity index (χ0) is 17.6. The first-order valence-corrected chi connectivity index (χ1v) is 9.22. The summed E-state index contributed by atoms with van der Waals surface area (Å²) in [6.45, 7) is 4.54. The smallest absolute Gasteiger partial charge is 0.321 e. The highest BCUT2D eigenvalue weighted by Gasteiger charge is 2.24. The quantitative estimate of drug-likeness (QED) is 0.793. The maximum Gasteiger partial charge on any atom is 0.321 e. The van der Waals surface area contributed by atoms with Crippen molar-refractivity contribution in [2.24, 2.45) is 5.92 Å². The fourth-order valence-corrected chi connectivity index (χ4v) is 3.73. The number of carbonyl (C=O) groups excluding carboxylic acids is 1. The Morgan fingerprint density at radius 1 is 1.28 bits per heavy atom. The second-order valence-electron chi connectivity index (χ2n) is 7.00. The lowest BCUT2D eigenvalue weighted by Crippen LogP contribution is -2.42. The Morgan fingerprint density at radius 3 is 2.96 bits per heavy atom. The number of hydrogen-bond acceptors (Lipinski definition) is 2. The summed E-state index contributed by atoms with van der Waals surface area (Å²) in [6, 6.07) is 12.4. The molecule has 1 fully saturated rings. The van der Waals surface area contributed by atoms with E-state index in [9.17, 15) is 4.79 Å². The van der Waals surface area contributed by atoms with Crippen molar-refractivity contribution in [1.82, 2.24) is 4.90 Å². The Balaban J connectivity index is 1.69. The van der Waals surface area contributed by atoms with E-state index in [0.29, 0.717) is 5.92 Å². The molecule has 0 aliphatic carbocycles. The minimum absolute atomic E-state index is 0.0240. The number of nitrogens with zero attached hydrogens (tertiary/aromatic N) is 1. The van der Waals surface area contributed by atoms with Crippen LogP contribution < -0.4 is 5.32 Å². The number of ether oxygens (including phenoxy) is 1. The fraction of sp³-hybridized carbons (Fsp3) is 0.476. The molecule has 1 atom stereocenters. The molecule has 0 aromatic heterocycles. The van der Waals surface area contributed by atoms with E-state index in [1.54, 1.807) is 7.11 Å². The standard InChI is InChI=1S/C21H28N2O2/c1-16-11-12-18-9-3-4-10-19(18)20(16)22-21(24)23-13-5-7-17(15-23)8-6-14-25-2/h3-4,9-12,17H,5-8,13-15H2,1-2H3,(H,22,24). The highest BCUT2D eigenvalue weighted by atomic mass is 16.5. The Kier molecular flexibility index (Phi) is 5.92. The number of anilines is 1. The van der Waals surface area contributed by atoms with Gasteiger partial charge in [0.25, 0.3) is 0 Å². The molecular formula is C21H28N2O2. The molecule has 1 saturated heterocycles. The van der Waals surface area contributed by atoms with Crippen LogP contribution in [0.2, 0.25) is 0 Å². The van der Waals surface area contributed by atoms with Crippen LogP contribution in [0.25, 0.3) is 10.8 Å². The van der Waals surface area contributed by atoms with Crippen LogP contribution in [0.5, 0.6) is 0 Å². The summed E-state index contributed by atoms with van der Waals surface area (Å²) in [5.41, 5.74) is 2.03. The number of hydrogen-bond donors (Lipinski definition) is 1. The summed E-state index contributed by atoms with van der Waals surface area (Å²) in [6.07, 6.45) is 4.49. The van der Waals surface area contributed by atoms with Crippen LogP contribution in [0.3, 0.4) is 0 Å². The zero-order valence-electron chi connectivity index (χ0n) is 15.3. The number of nitrogens with one attached hydrogen (secondary N) is 1.